The normalized spacial score (nSPS) is 10.2. The van der Waals surface area contributed by atoms with E-state index in [0.29, 0.717) is 15.9 Å². The topological polar surface area (TPSA) is 54.9 Å². The first-order valence-corrected chi connectivity index (χ1v) is 6.29. The van der Waals surface area contributed by atoms with Crippen molar-refractivity contribution in [2.24, 2.45) is 0 Å². The molecular formula is C12H9BrClN3O. The van der Waals surface area contributed by atoms with Crippen molar-refractivity contribution in [1.29, 1.82) is 0 Å². The second-order valence-corrected chi connectivity index (χ2v) is 4.79. The molecule has 0 saturated carbocycles. The van der Waals surface area contributed by atoms with Gasteiger partial charge in [0.1, 0.15) is 5.69 Å². The molecule has 2 aromatic heterocycles. The van der Waals surface area contributed by atoms with E-state index in [4.69, 9.17) is 11.6 Å². The number of carbonyl (C=O) groups excluding carboxylic acids is 1. The van der Waals surface area contributed by atoms with Crippen LogP contribution in [0.25, 0.3) is 0 Å². The molecule has 6 heteroatoms. The van der Waals surface area contributed by atoms with Gasteiger partial charge in [-0.15, -0.1) is 0 Å². The van der Waals surface area contributed by atoms with Crippen molar-refractivity contribution in [1.82, 2.24) is 9.97 Å². The summed E-state index contributed by atoms with van der Waals surface area (Å²) in [5.74, 6) is -0.333. The number of pyridine rings is 2. The zero-order valence-corrected chi connectivity index (χ0v) is 11.8. The predicted octanol–water partition coefficient (Wildman–Crippen LogP) is 3.45. The van der Waals surface area contributed by atoms with E-state index in [1.165, 1.54) is 0 Å². The molecule has 92 valence electrons. The molecule has 0 unspecified atom stereocenters. The van der Waals surface area contributed by atoms with Gasteiger partial charge < -0.3 is 5.32 Å². The van der Waals surface area contributed by atoms with E-state index in [1.54, 1.807) is 30.6 Å². The average molecular weight is 327 g/mol. The van der Waals surface area contributed by atoms with Crippen molar-refractivity contribution >= 4 is 39.1 Å². The number of amides is 1. The van der Waals surface area contributed by atoms with E-state index in [2.05, 4.69) is 31.2 Å². The highest BCUT2D eigenvalue weighted by Gasteiger charge is 2.14. The van der Waals surface area contributed by atoms with E-state index >= 15 is 0 Å². The quantitative estimate of drug-likeness (QED) is 0.860. The maximum absolute atomic E-state index is 12.0. The Morgan fingerprint density at radius 1 is 1.33 bits per heavy atom. The third-order valence-electron chi connectivity index (χ3n) is 2.33. The summed E-state index contributed by atoms with van der Waals surface area (Å²) in [5.41, 5.74) is 1.65. The fraction of sp³-hybridized carbons (Fsp3) is 0.0833. The lowest BCUT2D eigenvalue weighted by Gasteiger charge is -2.09. The fourth-order valence-corrected chi connectivity index (χ4v) is 2.09. The number of anilines is 1. The summed E-state index contributed by atoms with van der Waals surface area (Å²) in [6.07, 6.45) is 3.14. The van der Waals surface area contributed by atoms with Gasteiger partial charge in [-0.05, 0) is 46.6 Å². The monoisotopic (exact) mass is 325 g/mol. The van der Waals surface area contributed by atoms with Crippen LogP contribution in [0.15, 0.2) is 35.1 Å². The molecule has 0 atom stereocenters. The molecule has 0 fully saturated rings. The van der Waals surface area contributed by atoms with E-state index < -0.39 is 0 Å². The van der Waals surface area contributed by atoms with Crippen LogP contribution >= 0.6 is 27.5 Å². The lowest BCUT2D eigenvalue weighted by Crippen LogP contribution is -2.15. The van der Waals surface area contributed by atoms with Gasteiger partial charge >= 0.3 is 0 Å². The molecule has 1 amide bonds. The van der Waals surface area contributed by atoms with E-state index in [0.717, 1.165) is 5.56 Å². The number of aryl methyl sites for hydroxylation is 1. The Kier molecular flexibility index (Phi) is 3.93. The minimum Gasteiger partial charge on any atom is -0.318 e. The predicted molar refractivity (Wildman–Crippen MR) is 73.9 cm³/mol. The average Bonchev–Trinajstić information content (AvgIpc) is 2.34. The van der Waals surface area contributed by atoms with Crippen LogP contribution in [-0.2, 0) is 0 Å². The number of hydrogen-bond donors (Lipinski definition) is 1. The summed E-state index contributed by atoms with van der Waals surface area (Å²) in [4.78, 5) is 20.0. The SMILES string of the molecule is Cc1ccnc(Cl)c1NC(=O)c1ncccc1Br. The van der Waals surface area contributed by atoms with Crippen LogP contribution < -0.4 is 5.32 Å². The standard InChI is InChI=1S/C12H9BrClN3O/c1-7-4-6-16-11(14)9(7)17-12(18)10-8(13)3-2-5-15-10/h2-6H,1H3,(H,17,18). The Labute approximate surface area is 118 Å². The molecule has 0 radical (unpaired) electrons. The fourth-order valence-electron chi connectivity index (χ4n) is 1.40. The Morgan fingerprint density at radius 2 is 2.11 bits per heavy atom. The Hall–Kier alpha value is -1.46. The van der Waals surface area contributed by atoms with Gasteiger partial charge in [-0.25, -0.2) is 9.97 Å². The van der Waals surface area contributed by atoms with Crippen LogP contribution in [0.1, 0.15) is 16.1 Å². The lowest BCUT2D eigenvalue weighted by molar-refractivity contribution is 0.102. The van der Waals surface area contributed by atoms with Gasteiger partial charge in [-0.1, -0.05) is 11.6 Å². The van der Waals surface area contributed by atoms with Crippen molar-refractivity contribution in [3.8, 4) is 0 Å². The van der Waals surface area contributed by atoms with Gasteiger partial charge in [0, 0.05) is 16.9 Å². The molecule has 0 aliphatic rings. The van der Waals surface area contributed by atoms with Crippen LogP contribution in [-0.4, -0.2) is 15.9 Å². The van der Waals surface area contributed by atoms with Gasteiger partial charge in [-0.3, -0.25) is 4.79 Å². The van der Waals surface area contributed by atoms with Crippen LogP contribution in [0, 0.1) is 6.92 Å². The van der Waals surface area contributed by atoms with Crippen molar-refractivity contribution in [2.45, 2.75) is 6.92 Å². The minimum atomic E-state index is -0.333. The van der Waals surface area contributed by atoms with Gasteiger partial charge in [-0.2, -0.15) is 0 Å². The van der Waals surface area contributed by atoms with Crippen molar-refractivity contribution in [3.05, 3.63) is 51.5 Å². The van der Waals surface area contributed by atoms with Crippen molar-refractivity contribution < 1.29 is 4.79 Å². The Balaban J connectivity index is 2.30. The zero-order valence-electron chi connectivity index (χ0n) is 9.45. The van der Waals surface area contributed by atoms with Crippen LogP contribution in [0.4, 0.5) is 5.69 Å². The molecule has 4 nitrogen and oxygen atoms in total. The first kappa shape index (κ1) is 13.0. The molecule has 2 aromatic rings. The molecule has 2 rings (SSSR count). The van der Waals surface area contributed by atoms with Gasteiger partial charge in [0.25, 0.3) is 5.91 Å². The Bertz CT molecular complexity index is 583. The van der Waals surface area contributed by atoms with E-state index in [1.807, 2.05) is 6.92 Å². The zero-order chi connectivity index (χ0) is 13.1. The van der Waals surface area contributed by atoms with E-state index in [-0.39, 0.29) is 11.1 Å². The summed E-state index contributed by atoms with van der Waals surface area (Å²) in [5, 5.41) is 2.97. The molecule has 0 bridgehead atoms. The molecule has 0 saturated heterocycles. The number of rotatable bonds is 2. The molecular weight excluding hydrogens is 318 g/mol. The number of hydrogen-bond acceptors (Lipinski definition) is 3. The lowest BCUT2D eigenvalue weighted by atomic mass is 10.2. The number of aromatic nitrogens is 2. The number of nitrogens with zero attached hydrogens (tertiary/aromatic N) is 2. The molecule has 18 heavy (non-hydrogen) atoms. The molecule has 0 aromatic carbocycles. The van der Waals surface area contributed by atoms with Gasteiger partial charge in [0.15, 0.2) is 5.15 Å². The number of halogens is 2. The third kappa shape index (κ3) is 2.68. The summed E-state index contributed by atoms with van der Waals surface area (Å²) in [7, 11) is 0. The van der Waals surface area contributed by atoms with Gasteiger partial charge in [0.05, 0.1) is 5.69 Å². The maximum atomic E-state index is 12.0. The van der Waals surface area contributed by atoms with Crippen LogP contribution in [0.2, 0.25) is 5.15 Å². The smallest absolute Gasteiger partial charge is 0.275 e. The first-order chi connectivity index (χ1) is 8.59. The number of nitrogens with one attached hydrogen (secondary N) is 1. The number of carbonyl (C=O) groups is 1. The largest absolute Gasteiger partial charge is 0.318 e. The highest BCUT2D eigenvalue weighted by molar-refractivity contribution is 9.10. The summed E-state index contributed by atoms with van der Waals surface area (Å²) >= 11 is 9.22. The highest BCUT2D eigenvalue weighted by atomic mass is 79.9. The van der Waals surface area contributed by atoms with Crippen molar-refractivity contribution in [2.75, 3.05) is 5.32 Å². The van der Waals surface area contributed by atoms with Crippen LogP contribution in [0.5, 0.6) is 0 Å². The van der Waals surface area contributed by atoms with Gasteiger partial charge in [0.2, 0.25) is 0 Å². The second-order valence-electron chi connectivity index (χ2n) is 3.58. The second kappa shape index (κ2) is 5.46. The minimum absolute atomic E-state index is 0.260. The molecule has 1 N–H and O–H groups in total. The molecule has 0 aliphatic heterocycles. The summed E-state index contributed by atoms with van der Waals surface area (Å²) in [6, 6.07) is 5.26. The molecule has 2 heterocycles. The summed E-state index contributed by atoms with van der Waals surface area (Å²) in [6.45, 7) is 1.84. The Morgan fingerprint density at radius 3 is 2.78 bits per heavy atom. The molecule has 0 aliphatic carbocycles. The summed E-state index contributed by atoms with van der Waals surface area (Å²) < 4.78 is 0.625. The maximum Gasteiger partial charge on any atom is 0.275 e. The van der Waals surface area contributed by atoms with Crippen molar-refractivity contribution in [3.63, 3.8) is 0 Å². The third-order valence-corrected chi connectivity index (χ3v) is 3.25. The molecule has 0 spiro atoms. The van der Waals surface area contributed by atoms with E-state index in [9.17, 15) is 4.79 Å². The highest BCUT2D eigenvalue weighted by Crippen LogP contribution is 2.24. The first-order valence-electron chi connectivity index (χ1n) is 5.12. The van der Waals surface area contributed by atoms with Crippen LogP contribution in [0.3, 0.4) is 0 Å².